The summed E-state index contributed by atoms with van der Waals surface area (Å²) in [5.74, 6) is 0. The fourth-order valence-corrected chi connectivity index (χ4v) is 0.805. The fraction of sp³-hybridized carbons (Fsp3) is 0. The summed E-state index contributed by atoms with van der Waals surface area (Å²) < 4.78 is 0. The summed E-state index contributed by atoms with van der Waals surface area (Å²) in [7, 11) is 0. The molecule has 0 aliphatic carbocycles. The van der Waals surface area contributed by atoms with Crippen LogP contribution < -0.4 is 42.0 Å². The molecule has 12 heavy (non-hydrogen) atoms. The van der Waals surface area contributed by atoms with Gasteiger partial charge in [-0.3, -0.25) is 10.1 Å². The first-order chi connectivity index (χ1) is 4.72. The monoisotopic (exact) mass is 215 g/mol. The molecule has 1 aromatic carbocycles. The van der Waals surface area contributed by atoms with Gasteiger partial charge in [0.25, 0.3) is 5.69 Å². The number of hydrogen-bond donors (Lipinski definition) is 0. The molecule has 6 heteroatoms. The van der Waals surface area contributed by atoms with Crippen LogP contribution in [0.5, 0.6) is 0 Å². The molecule has 0 saturated carbocycles. The maximum Gasteiger partial charge on any atom is 1.00 e. The van der Waals surface area contributed by atoms with E-state index in [0.717, 1.165) is 0 Å². The van der Waals surface area contributed by atoms with Crippen LogP contribution in [-0.2, 0) is 0 Å². The SMILES string of the molecule is O=[N+]([O-])c1ccccc1Cl.[Cl-].[Na+]. The fourth-order valence-electron chi connectivity index (χ4n) is 0.600. The van der Waals surface area contributed by atoms with Crippen molar-refractivity contribution in [1.29, 1.82) is 0 Å². The zero-order valence-electron chi connectivity index (χ0n) is 6.33. The van der Waals surface area contributed by atoms with E-state index in [1.165, 1.54) is 12.1 Å². The van der Waals surface area contributed by atoms with Crippen LogP contribution in [0.3, 0.4) is 0 Å². The summed E-state index contributed by atoms with van der Waals surface area (Å²) >= 11 is 5.48. The smallest absolute Gasteiger partial charge is 1.00 e. The maximum absolute atomic E-state index is 10.1. The Kier molecular flexibility index (Phi) is 8.20. The van der Waals surface area contributed by atoms with E-state index in [9.17, 15) is 10.1 Å². The van der Waals surface area contributed by atoms with Crippen molar-refractivity contribution >= 4 is 17.3 Å². The molecule has 0 atom stereocenters. The quantitative estimate of drug-likeness (QED) is 0.275. The summed E-state index contributed by atoms with van der Waals surface area (Å²) in [6, 6.07) is 6.07. The number of nitro benzene ring substituents is 1. The molecule has 0 N–H and O–H groups in total. The molecule has 0 fully saturated rings. The van der Waals surface area contributed by atoms with Gasteiger partial charge in [0, 0.05) is 6.07 Å². The third kappa shape index (κ3) is 3.74. The van der Waals surface area contributed by atoms with E-state index in [-0.39, 0.29) is 52.7 Å². The molecule has 0 unspecified atom stereocenters. The van der Waals surface area contributed by atoms with Crippen molar-refractivity contribution in [2.45, 2.75) is 0 Å². The first-order valence-corrected chi connectivity index (χ1v) is 2.98. The molecule has 1 rings (SSSR count). The van der Waals surface area contributed by atoms with Crippen molar-refractivity contribution in [1.82, 2.24) is 0 Å². The van der Waals surface area contributed by atoms with Gasteiger partial charge in [-0.05, 0) is 6.07 Å². The number of nitro groups is 1. The predicted octanol–water partition coefficient (Wildman–Crippen LogP) is -3.74. The summed E-state index contributed by atoms with van der Waals surface area (Å²) in [6.45, 7) is 0. The molecule has 0 aromatic heterocycles. The zero-order valence-corrected chi connectivity index (χ0v) is 9.84. The summed E-state index contributed by atoms with van der Waals surface area (Å²) in [6.07, 6.45) is 0. The standard InChI is InChI=1S/C6H4ClNO2.ClH.Na/c7-5-3-1-2-4-6(5)8(9)10;;/h1-4H;1H;/q;;+1/p-1. The number of benzene rings is 1. The van der Waals surface area contributed by atoms with Gasteiger partial charge in [-0.1, -0.05) is 23.7 Å². The minimum absolute atomic E-state index is 0. The first-order valence-electron chi connectivity index (χ1n) is 2.61. The van der Waals surface area contributed by atoms with Gasteiger partial charge in [-0.25, -0.2) is 0 Å². The molecule has 0 heterocycles. The Labute approximate surface area is 103 Å². The van der Waals surface area contributed by atoms with Crippen LogP contribution in [0.4, 0.5) is 5.69 Å². The Hall–Kier alpha value is 0.200. The van der Waals surface area contributed by atoms with Gasteiger partial charge in [-0.2, -0.15) is 0 Å². The zero-order chi connectivity index (χ0) is 7.56. The van der Waals surface area contributed by atoms with Crippen molar-refractivity contribution in [2.75, 3.05) is 0 Å². The van der Waals surface area contributed by atoms with Gasteiger partial charge < -0.3 is 12.4 Å². The van der Waals surface area contributed by atoms with E-state index in [0.29, 0.717) is 0 Å². The number of hydrogen-bond acceptors (Lipinski definition) is 2. The predicted molar refractivity (Wildman–Crippen MR) is 38.1 cm³/mol. The minimum Gasteiger partial charge on any atom is -1.00 e. The average molecular weight is 216 g/mol. The van der Waals surface area contributed by atoms with E-state index in [1.54, 1.807) is 12.1 Å². The van der Waals surface area contributed by atoms with Crippen LogP contribution in [0.25, 0.3) is 0 Å². The second-order valence-corrected chi connectivity index (χ2v) is 2.12. The molecule has 0 spiro atoms. The maximum atomic E-state index is 10.1. The topological polar surface area (TPSA) is 43.1 Å². The van der Waals surface area contributed by atoms with Crippen LogP contribution in [0, 0.1) is 10.1 Å². The largest absolute Gasteiger partial charge is 1.00 e. The third-order valence-electron chi connectivity index (χ3n) is 1.05. The normalized spacial score (nSPS) is 7.75. The molecule has 0 aliphatic heterocycles. The van der Waals surface area contributed by atoms with Crippen LogP contribution in [-0.4, -0.2) is 4.92 Å². The van der Waals surface area contributed by atoms with Crippen LogP contribution in [0.15, 0.2) is 24.3 Å². The second-order valence-electron chi connectivity index (χ2n) is 1.71. The molecule has 1 aromatic rings. The Morgan fingerprint density at radius 3 is 2.17 bits per heavy atom. The number of halogens is 2. The molecule has 3 nitrogen and oxygen atoms in total. The molecular formula is C6H4Cl2NNaO2. The van der Waals surface area contributed by atoms with Gasteiger partial charge in [0.2, 0.25) is 0 Å². The summed E-state index contributed by atoms with van der Waals surface area (Å²) in [5, 5.41) is 10.3. The first kappa shape index (κ1) is 14.7. The van der Waals surface area contributed by atoms with E-state index >= 15 is 0 Å². The van der Waals surface area contributed by atoms with E-state index in [4.69, 9.17) is 11.6 Å². The van der Waals surface area contributed by atoms with E-state index in [1.807, 2.05) is 0 Å². The van der Waals surface area contributed by atoms with Gasteiger partial charge in [0.05, 0.1) is 4.92 Å². The molecule has 0 saturated heterocycles. The number of rotatable bonds is 1. The van der Waals surface area contributed by atoms with Crippen molar-refractivity contribution < 1.29 is 46.9 Å². The van der Waals surface area contributed by atoms with Crippen molar-refractivity contribution in [2.24, 2.45) is 0 Å². The van der Waals surface area contributed by atoms with Crippen molar-refractivity contribution in [3.63, 3.8) is 0 Å². The number of nitrogens with zero attached hydrogens (tertiary/aromatic N) is 1. The summed E-state index contributed by atoms with van der Waals surface area (Å²) in [5.41, 5.74) is -0.0517. The van der Waals surface area contributed by atoms with E-state index in [2.05, 4.69) is 0 Å². The van der Waals surface area contributed by atoms with E-state index < -0.39 is 4.92 Å². The Morgan fingerprint density at radius 2 is 1.83 bits per heavy atom. The Balaban J connectivity index is 0. The van der Waals surface area contributed by atoms with Gasteiger partial charge in [0.1, 0.15) is 5.02 Å². The second kappa shape index (κ2) is 6.69. The Bertz CT molecular complexity index is 269. The summed E-state index contributed by atoms with van der Waals surface area (Å²) in [4.78, 5) is 9.63. The average Bonchev–Trinajstić information content (AvgIpc) is 1.88. The number of para-hydroxylation sites is 1. The van der Waals surface area contributed by atoms with Crippen LogP contribution in [0.1, 0.15) is 0 Å². The van der Waals surface area contributed by atoms with Crippen LogP contribution >= 0.6 is 11.6 Å². The van der Waals surface area contributed by atoms with Gasteiger partial charge >= 0.3 is 29.6 Å². The van der Waals surface area contributed by atoms with Crippen LogP contribution in [0.2, 0.25) is 5.02 Å². The van der Waals surface area contributed by atoms with Crippen molar-refractivity contribution in [3.8, 4) is 0 Å². The molecule has 0 amide bonds. The van der Waals surface area contributed by atoms with Crippen molar-refractivity contribution in [3.05, 3.63) is 39.4 Å². The third-order valence-corrected chi connectivity index (χ3v) is 1.37. The van der Waals surface area contributed by atoms with Gasteiger partial charge in [-0.15, -0.1) is 0 Å². The minimum atomic E-state index is -0.512. The molecule has 0 aliphatic rings. The molecule has 0 bridgehead atoms. The molecule has 60 valence electrons. The van der Waals surface area contributed by atoms with Gasteiger partial charge in [0.15, 0.2) is 0 Å². The molecule has 0 radical (unpaired) electrons. The molecular weight excluding hydrogens is 212 g/mol. The Morgan fingerprint density at radius 1 is 1.33 bits per heavy atom.